The number of nitrogens with one attached hydrogen (secondary N) is 2. The molecule has 1 aromatic carbocycles. The van der Waals surface area contributed by atoms with Crippen molar-refractivity contribution in [3.63, 3.8) is 0 Å². The highest BCUT2D eigenvalue weighted by Gasteiger charge is 2.09. The highest BCUT2D eigenvalue weighted by Crippen LogP contribution is 2.13. The molecule has 0 aliphatic carbocycles. The van der Waals surface area contributed by atoms with E-state index in [1.807, 2.05) is 19.9 Å². The Labute approximate surface area is 127 Å². The van der Waals surface area contributed by atoms with Crippen LogP contribution >= 0.6 is 0 Å². The Balaban J connectivity index is 1.96. The second-order valence-corrected chi connectivity index (χ2v) is 5.25. The fourth-order valence-corrected chi connectivity index (χ4v) is 2.31. The molecule has 0 aliphatic heterocycles. The molecule has 0 spiro atoms. The molecule has 0 atom stereocenters. The van der Waals surface area contributed by atoms with E-state index in [0.717, 1.165) is 16.8 Å². The number of nitrogens with zero attached hydrogens (tertiary/aromatic N) is 1. The molecule has 2 heterocycles. The van der Waals surface area contributed by atoms with Crippen LogP contribution in [-0.2, 0) is 0 Å². The monoisotopic (exact) mass is 293 g/mol. The van der Waals surface area contributed by atoms with E-state index < -0.39 is 0 Å². The summed E-state index contributed by atoms with van der Waals surface area (Å²) in [4.78, 5) is 31.5. The topological polar surface area (TPSA) is 74.8 Å². The molecule has 3 aromatic rings. The van der Waals surface area contributed by atoms with Crippen LogP contribution in [0.2, 0.25) is 0 Å². The lowest BCUT2D eigenvalue weighted by Crippen LogP contribution is -2.14. The van der Waals surface area contributed by atoms with Gasteiger partial charge < -0.3 is 10.3 Å². The lowest BCUT2D eigenvalue weighted by Gasteiger charge is -2.06. The van der Waals surface area contributed by atoms with Crippen molar-refractivity contribution in [2.45, 2.75) is 13.8 Å². The van der Waals surface area contributed by atoms with Gasteiger partial charge in [0.15, 0.2) is 5.43 Å². The van der Waals surface area contributed by atoms with Crippen LogP contribution < -0.4 is 10.7 Å². The molecule has 0 saturated heterocycles. The summed E-state index contributed by atoms with van der Waals surface area (Å²) < 4.78 is 0. The van der Waals surface area contributed by atoms with Crippen molar-refractivity contribution < 1.29 is 4.79 Å². The van der Waals surface area contributed by atoms with Crippen LogP contribution in [0.1, 0.15) is 21.6 Å². The SMILES string of the molecule is Cc1ccnc(NC(=O)c2ccc3[nH]c(C)cc(=O)c3c2)c1. The number of carbonyl (C=O) groups is 1. The Hall–Kier alpha value is -2.95. The average Bonchev–Trinajstić information content (AvgIpc) is 2.46. The molecule has 0 unspecified atom stereocenters. The fourth-order valence-electron chi connectivity index (χ4n) is 2.31. The third-order valence-corrected chi connectivity index (χ3v) is 3.38. The van der Waals surface area contributed by atoms with E-state index in [1.54, 1.807) is 30.5 Å². The highest BCUT2D eigenvalue weighted by molar-refractivity contribution is 6.05. The number of fused-ring (bicyclic) bond motifs is 1. The van der Waals surface area contributed by atoms with Crippen molar-refractivity contribution in [1.29, 1.82) is 0 Å². The van der Waals surface area contributed by atoms with Gasteiger partial charge in [-0.1, -0.05) is 0 Å². The number of rotatable bonds is 2. The van der Waals surface area contributed by atoms with Crippen molar-refractivity contribution >= 4 is 22.6 Å². The van der Waals surface area contributed by atoms with Crippen LogP contribution in [0.25, 0.3) is 10.9 Å². The number of amides is 1. The van der Waals surface area contributed by atoms with Gasteiger partial charge in [0.05, 0.1) is 0 Å². The number of aromatic amines is 1. The summed E-state index contributed by atoms with van der Waals surface area (Å²) in [6.07, 6.45) is 1.64. The highest BCUT2D eigenvalue weighted by atomic mass is 16.1. The second kappa shape index (κ2) is 5.44. The molecule has 2 N–H and O–H groups in total. The Morgan fingerprint density at radius 2 is 1.95 bits per heavy atom. The number of benzene rings is 1. The molecule has 22 heavy (non-hydrogen) atoms. The molecular formula is C17H15N3O2. The van der Waals surface area contributed by atoms with E-state index in [0.29, 0.717) is 16.8 Å². The number of aromatic nitrogens is 2. The van der Waals surface area contributed by atoms with E-state index in [9.17, 15) is 9.59 Å². The predicted octanol–water partition coefficient (Wildman–Crippen LogP) is 2.79. The third kappa shape index (κ3) is 2.74. The number of carbonyl (C=O) groups excluding carboxylic acids is 1. The van der Waals surface area contributed by atoms with Crippen LogP contribution in [0.5, 0.6) is 0 Å². The summed E-state index contributed by atoms with van der Waals surface area (Å²) in [5.74, 6) is 0.197. The lowest BCUT2D eigenvalue weighted by atomic mass is 10.1. The van der Waals surface area contributed by atoms with Gasteiger partial charge in [0.25, 0.3) is 5.91 Å². The zero-order valence-corrected chi connectivity index (χ0v) is 12.3. The molecule has 5 nitrogen and oxygen atoms in total. The molecule has 3 rings (SSSR count). The molecular weight excluding hydrogens is 278 g/mol. The molecule has 0 saturated carbocycles. The van der Waals surface area contributed by atoms with Gasteiger partial charge in [0.2, 0.25) is 0 Å². The van der Waals surface area contributed by atoms with Crippen LogP contribution in [0.4, 0.5) is 5.82 Å². The van der Waals surface area contributed by atoms with Crippen LogP contribution in [0.3, 0.4) is 0 Å². The summed E-state index contributed by atoms with van der Waals surface area (Å²) in [7, 11) is 0. The maximum Gasteiger partial charge on any atom is 0.256 e. The number of pyridine rings is 2. The maximum absolute atomic E-state index is 12.3. The van der Waals surface area contributed by atoms with Gasteiger partial charge in [-0.2, -0.15) is 0 Å². The predicted molar refractivity (Wildman–Crippen MR) is 86.2 cm³/mol. The van der Waals surface area contributed by atoms with E-state index in [1.165, 1.54) is 6.07 Å². The van der Waals surface area contributed by atoms with Crippen molar-refractivity contribution in [2.75, 3.05) is 5.32 Å². The Kier molecular flexibility index (Phi) is 3.47. The van der Waals surface area contributed by atoms with Crippen molar-refractivity contribution in [2.24, 2.45) is 0 Å². The van der Waals surface area contributed by atoms with Crippen molar-refractivity contribution in [3.8, 4) is 0 Å². The molecule has 1 amide bonds. The minimum Gasteiger partial charge on any atom is -0.358 e. The molecule has 5 heteroatoms. The largest absolute Gasteiger partial charge is 0.358 e. The standard InChI is InChI=1S/C17H15N3O2/c1-10-5-6-18-16(7-10)20-17(22)12-3-4-14-13(9-12)15(21)8-11(2)19-14/h3-9H,1-2H3,(H,19,21)(H,18,20,22). The van der Waals surface area contributed by atoms with Crippen LogP contribution in [0.15, 0.2) is 47.4 Å². The number of aryl methyl sites for hydroxylation is 2. The third-order valence-electron chi connectivity index (χ3n) is 3.38. The molecule has 0 aliphatic rings. The smallest absolute Gasteiger partial charge is 0.256 e. The zero-order valence-electron chi connectivity index (χ0n) is 12.3. The summed E-state index contributed by atoms with van der Waals surface area (Å²) in [6, 6.07) is 10.2. The van der Waals surface area contributed by atoms with Gasteiger partial charge >= 0.3 is 0 Å². The van der Waals surface area contributed by atoms with E-state index in [2.05, 4.69) is 15.3 Å². The molecule has 2 aromatic heterocycles. The quantitative estimate of drug-likeness (QED) is 0.763. The molecule has 0 radical (unpaired) electrons. The Bertz CT molecular complexity index is 929. The van der Waals surface area contributed by atoms with Gasteiger partial charge in [0.1, 0.15) is 5.82 Å². The molecule has 0 bridgehead atoms. The first-order valence-electron chi connectivity index (χ1n) is 6.90. The summed E-state index contributed by atoms with van der Waals surface area (Å²) >= 11 is 0. The minimum absolute atomic E-state index is 0.102. The van der Waals surface area contributed by atoms with Gasteiger partial charge in [-0.25, -0.2) is 4.98 Å². The second-order valence-electron chi connectivity index (χ2n) is 5.25. The summed E-state index contributed by atoms with van der Waals surface area (Å²) in [6.45, 7) is 3.75. The maximum atomic E-state index is 12.3. The van der Waals surface area contributed by atoms with Crippen LogP contribution in [-0.4, -0.2) is 15.9 Å². The minimum atomic E-state index is -0.292. The van der Waals surface area contributed by atoms with Crippen LogP contribution in [0, 0.1) is 13.8 Å². The first kappa shape index (κ1) is 14.0. The molecule has 110 valence electrons. The van der Waals surface area contributed by atoms with E-state index in [4.69, 9.17) is 0 Å². The van der Waals surface area contributed by atoms with Gasteiger partial charge in [-0.05, 0) is 49.7 Å². The zero-order chi connectivity index (χ0) is 15.7. The number of hydrogen-bond acceptors (Lipinski definition) is 3. The van der Waals surface area contributed by atoms with Gasteiger partial charge in [-0.3, -0.25) is 9.59 Å². The summed E-state index contributed by atoms with van der Waals surface area (Å²) in [5.41, 5.74) is 2.84. The average molecular weight is 293 g/mol. The van der Waals surface area contributed by atoms with E-state index >= 15 is 0 Å². The van der Waals surface area contributed by atoms with Crippen molar-refractivity contribution in [3.05, 3.63) is 69.6 Å². The lowest BCUT2D eigenvalue weighted by molar-refractivity contribution is 0.102. The van der Waals surface area contributed by atoms with Gasteiger partial charge in [0, 0.05) is 34.4 Å². The first-order valence-corrected chi connectivity index (χ1v) is 6.90. The number of hydrogen-bond donors (Lipinski definition) is 2. The summed E-state index contributed by atoms with van der Waals surface area (Å²) in [5, 5.41) is 3.23. The first-order chi connectivity index (χ1) is 10.5. The van der Waals surface area contributed by atoms with E-state index in [-0.39, 0.29) is 11.3 Å². The van der Waals surface area contributed by atoms with Crippen molar-refractivity contribution in [1.82, 2.24) is 9.97 Å². The Morgan fingerprint density at radius 1 is 1.14 bits per heavy atom. The normalized spacial score (nSPS) is 10.6. The number of anilines is 1. The van der Waals surface area contributed by atoms with Gasteiger partial charge in [-0.15, -0.1) is 0 Å². The Morgan fingerprint density at radius 3 is 2.73 bits per heavy atom. The fraction of sp³-hybridized carbons (Fsp3) is 0.118. The number of H-pyrrole nitrogens is 1. The molecule has 0 fully saturated rings.